The number of benzene rings is 2. The molecular formula is C17H11N3O6. The zero-order valence-corrected chi connectivity index (χ0v) is 13.1. The lowest BCUT2D eigenvalue weighted by Gasteiger charge is -1.98. The van der Waals surface area contributed by atoms with E-state index >= 15 is 0 Å². The van der Waals surface area contributed by atoms with Gasteiger partial charge in [-0.25, -0.2) is 4.99 Å². The maximum absolute atomic E-state index is 10.8. The van der Waals surface area contributed by atoms with Crippen molar-refractivity contribution in [2.45, 2.75) is 0 Å². The van der Waals surface area contributed by atoms with Crippen molar-refractivity contribution in [2.75, 3.05) is 0 Å². The number of non-ortho nitro benzene ring substituents is 2. The zero-order valence-electron chi connectivity index (χ0n) is 13.1. The first-order chi connectivity index (χ1) is 12.4. The summed E-state index contributed by atoms with van der Waals surface area (Å²) in [4.78, 5) is 24.4. The van der Waals surface area contributed by atoms with Gasteiger partial charge in [0.05, 0.1) is 16.1 Å². The van der Waals surface area contributed by atoms with Crippen LogP contribution >= 0.6 is 0 Å². The van der Waals surface area contributed by atoms with Crippen LogP contribution in [0.15, 0.2) is 64.0 Å². The van der Waals surface area contributed by atoms with E-state index in [1.165, 1.54) is 30.5 Å². The number of phenolic OH excluding ortho intramolecular Hbond substituents is 1. The first kappa shape index (κ1) is 16.8. The van der Waals surface area contributed by atoms with Gasteiger partial charge in [0, 0.05) is 29.8 Å². The highest BCUT2D eigenvalue weighted by Gasteiger charge is 2.10. The molecule has 9 nitrogen and oxygen atoms in total. The summed E-state index contributed by atoms with van der Waals surface area (Å²) in [5.41, 5.74) is 0.463. The van der Waals surface area contributed by atoms with E-state index in [2.05, 4.69) is 4.99 Å². The third kappa shape index (κ3) is 3.56. The van der Waals surface area contributed by atoms with Crippen molar-refractivity contribution < 1.29 is 19.4 Å². The van der Waals surface area contributed by atoms with Crippen LogP contribution < -0.4 is 0 Å². The topological polar surface area (TPSA) is 132 Å². The summed E-state index contributed by atoms with van der Waals surface area (Å²) in [5, 5.41) is 31.2. The van der Waals surface area contributed by atoms with Crippen LogP contribution in [0.5, 0.6) is 5.75 Å². The average molecular weight is 353 g/mol. The molecule has 3 aromatic rings. The number of aromatic hydroxyl groups is 1. The van der Waals surface area contributed by atoms with Crippen molar-refractivity contribution in [1.29, 1.82) is 0 Å². The molecule has 0 saturated heterocycles. The number of aliphatic imine (C=N–C) groups is 1. The standard InChI is InChI=1S/C17H11N3O6/c21-16-7-5-13(20(24)25)9-15(16)18-10-14-6-8-17(26-14)11-1-3-12(4-2-11)19(22)23/h1-10,21H. The summed E-state index contributed by atoms with van der Waals surface area (Å²) >= 11 is 0. The summed E-state index contributed by atoms with van der Waals surface area (Å²) < 4.78 is 5.57. The van der Waals surface area contributed by atoms with E-state index in [-0.39, 0.29) is 22.8 Å². The minimum absolute atomic E-state index is 0.0248. The largest absolute Gasteiger partial charge is 0.506 e. The molecule has 0 fully saturated rings. The van der Waals surface area contributed by atoms with E-state index in [0.717, 1.165) is 6.07 Å². The molecule has 0 bridgehead atoms. The molecule has 0 atom stereocenters. The minimum atomic E-state index is -0.585. The fourth-order valence-electron chi connectivity index (χ4n) is 2.19. The van der Waals surface area contributed by atoms with Gasteiger partial charge in [0.1, 0.15) is 23.0 Å². The summed E-state index contributed by atoms with van der Waals surface area (Å²) in [5.74, 6) is 0.628. The Labute approximate surface area is 146 Å². The van der Waals surface area contributed by atoms with Gasteiger partial charge in [-0.15, -0.1) is 0 Å². The van der Waals surface area contributed by atoms with Crippen LogP contribution in [0.1, 0.15) is 5.76 Å². The monoisotopic (exact) mass is 353 g/mol. The molecule has 0 saturated carbocycles. The Balaban J connectivity index is 1.82. The van der Waals surface area contributed by atoms with E-state index in [4.69, 9.17) is 4.42 Å². The quantitative estimate of drug-likeness (QED) is 0.415. The van der Waals surface area contributed by atoms with Gasteiger partial charge in [-0.3, -0.25) is 20.2 Å². The first-order valence-corrected chi connectivity index (χ1v) is 7.30. The van der Waals surface area contributed by atoms with Crippen LogP contribution in [0, 0.1) is 20.2 Å². The summed E-state index contributed by atoms with van der Waals surface area (Å²) in [6.45, 7) is 0. The van der Waals surface area contributed by atoms with E-state index in [1.807, 2.05) is 0 Å². The summed E-state index contributed by atoms with van der Waals surface area (Å²) in [7, 11) is 0. The number of hydrogen-bond donors (Lipinski definition) is 1. The molecule has 0 aliphatic heterocycles. The Hall–Kier alpha value is -4.01. The van der Waals surface area contributed by atoms with Gasteiger partial charge in [-0.05, 0) is 30.3 Å². The molecule has 0 spiro atoms. The van der Waals surface area contributed by atoms with Crippen LogP contribution in [-0.2, 0) is 0 Å². The van der Waals surface area contributed by atoms with Crippen molar-refractivity contribution >= 4 is 23.3 Å². The lowest BCUT2D eigenvalue weighted by molar-refractivity contribution is -0.385. The highest BCUT2D eigenvalue weighted by Crippen LogP contribution is 2.30. The normalized spacial score (nSPS) is 10.9. The second-order valence-corrected chi connectivity index (χ2v) is 5.19. The molecule has 0 unspecified atom stereocenters. The van der Waals surface area contributed by atoms with Crippen molar-refractivity contribution in [1.82, 2.24) is 0 Å². The molecule has 1 N–H and O–H groups in total. The van der Waals surface area contributed by atoms with Crippen LogP contribution in [0.2, 0.25) is 0 Å². The Kier molecular flexibility index (Phi) is 4.44. The second-order valence-electron chi connectivity index (χ2n) is 5.19. The smallest absolute Gasteiger partial charge is 0.271 e. The summed E-state index contributed by atoms with van der Waals surface area (Å²) in [6, 6.07) is 12.6. The second kappa shape index (κ2) is 6.85. The molecular weight excluding hydrogens is 342 g/mol. The zero-order chi connectivity index (χ0) is 18.7. The number of hydrogen-bond acceptors (Lipinski definition) is 7. The maximum Gasteiger partial charge on any atom is 0.271 e. The molecule has 0 radical (unpaired) electrons. The van der Waals surface area contributed by atoms with Gasteiger partial charge in [0.15, 0.2) is 0 Å². The molecule has 2 aromatic carbocycles. The highest BCUT2D eigenvalue weighted by molar-refractivity contribution is 5.81. The number of phenols is 1. The van der Waals surface area contributed by atoms with Gasteiger partial charge in [-0.2, -0.15) is 0 Å². The number of nitro groups is 2. The number of rotatable bonds is 5. The molecule has 130 valence electrons. The fraction of sp³-hybridized carbons (Fsp3) is 0. The predicted molar refractivity (Wildman–Crippen MR) is 92.8 cm³/mol. The van der Waals surface area contributed by atoms with Gasteiger partial charge >= 0.3 is 0 Å². The fourth-order valence-corrected chi connectivity index (χ4v) is 2.19. The lowest BCUT2D eigenvalue weighted by Crippen LogP contribution is -1.87. The Bertz CT molecular complexity index is 1010. The molecule has 0 aliphatic rings. The van der Waals surface area contributed by atoms with E-state index in [9.17, 15) is 25.3 Å². The highest BCUT2D eigenvalue weighted by atomic mass is 16.6. The molecule has 0 amide bonds. The Morgan fingerprint density at radius 3 is 2.23 bits per heavy atom. The van der Waals surface area contributed by atoms with Crippen molar-refractivity contribution in [3.63, 3.8) is 0 Å². The minimum Gasteiger partial charge on any atom is -0.506 e. The maximum atomic E-state index is 10.8. The molecule has 1 aromatic heterocycles. The predicted octanol–water partition coefficient (Wildman–Crippen LogP) is 4.22. The van der Waals surface area contributed by atoms with Gasteiger partial charge < -0.3 is 9.52 Å². The van der Waals surface area contributed by atoms with E-state index in [0.29, 0.717) is 17.1 Å². The number of nitro benzene ring substituents is 2. The van der Waals surface area contributed by atoms with E-state index < -0.39 is 9.85 Å². The van der Waals surface area contributed by atoms with E-state index in [1.54, 1.807) is 24.3 Å². The molecule has 3 rings (SSSR count). The third-order valence-electron chi connectivity index (χ3n) is 3.49. The molecule has 26 heavy (non-hydrogen) atoms. The summed E-state index contributed by atoms with van der Waals surface area (Å²) in [6.07, 6.45) is 1.31. The number of nitrogens with zero attached hydrogens (tertiary/aromatic N) is 3. The Morgan fingerprint density at radius 2 is 1.58 bits per heavy atom. The van der Waals surface area contributed by atoms with Crippen molar-refractivity contribution in [3.8, 4) is 17.1 Å². The van der Waals surface area contributed by atoms with Gasteiger partial charge in [0.2, 0.25) is 0 Å². The SMILES string of the molecule is O=[N+]([O-])c1ccc(-c2ccc(C=Nc3cc([N+](=O)[O-])ccc3O)o2)cc1. The number of furan rings is 1. The molecule has 0 aliphatic carbocycles. The van der Waals surface area contributed by atoms with Gasteiger partial charge in [0.25, 0.3) is 11.4 Å². The third-order valence-corrected chi connectivity index (χ3v) is 3.49. The molecule has 9 heteroatoms. The van der Waals surface area contributed by atoms with Crippen LogP contribution in [0.4, 0.5) is 17.1 Å². The molecule has 1 heterocycles. The average Bonchev–Trinajstić information content (AvgIpc) is 3.10. The van der Waals surface area contributed by atoms with Crippen LogP contribution in [-0.4, -0.2) is 21.2 Å². The van der Waals surface area contributed by atoms with Crippen molar-refractivity contribution in [2.24, 2.45) is 4.99 Å². The van der Waals surface area contributed by atoms with Gasteiger partial charge in [-0.1, -0.05) is 0 Å². The van der Waals surface area contributed by atoms with Crippen LogP contribution in [0.25, 0.3) is 11.3 Å². The van der Waals surface area contributed by atoms with Crippen LogP contribution in [0.3, 0.4) is 0 Å². The lowest BCUT2D eigenvalue weighted by atomic mass is 10.1. The van der Waals surface area contributed by atoms with Crippen molar-refractivity contribution in [3.05, 3.63) is 80.6 Å². The first-order valence-electron chi connectivity index (χ1n) is 7.30. The Morgan fingerprint density at radius 1 is 0.923 bits per heavy atom.